The van der Waals surface area contributed by atoms with Gasteiger partial charge in [-0.2, -0.15) is 0 Å². The van der Waals surface area contributed by atoms with E-state index in [1.807, 2.05) is 6.26 Å². The van der Waals surface area contributed by atoms with Crippen molar-refractivity contribution in [3.05, 3.63) is 35.3 Å². The quantitative estimate of drug-likeness (QED) is 0.766. The molecule has 0 aromatic carbocycles. The van der Waals surface area contributed by atoms with Crippen molar-refractivity contribution >= 4 is 0 Å². The number of aryl methyl sites for hydroxylation is 1. The van der Waals surface area contributed by atoms with Gasteiger partial charge in [0, 0.05) is 24.6 Å². The van der Waals surface area contributed by atoms with Crippen molar-refractivity contribution in [2.24, 2.45) is 0 Å². The van der Waals surface area contributed by atoms with E-state index in [0.29, 0.717) is 6.04 Å². The van der Waals surface area contributed by atoms with Gasteiger partial charge in [-0.15, -0.1) is 0 Å². The summed E-state index contributed by atoms with van der Waals surface area (Å²) in [4.78, 5) is 0. The van der Waals surface area contributed by atoms with Gasteiger partial charge < -0.3 is 9.73 Å². The van der Waals surface area contributed by atoms with Gasteiger partial charge in [-0.3, -0.25) is 0 Å². The highest BCUT2D eigenvalue weighted by Gasteiger charge is 2.21. The third-order valence-corrected chi connectivity index (χ3v) is 2.93. The molecule has 0 fully saturated rings. The lowest BCUT2D eigenvalue weighted by molar-refractivity contribution is 0.421. The molecule has 1 N–H and O–H groups in total. The first-order valence-electron chi connectivity index (χ1n) is 5.70. The minimum absolute atomic E-state index is 0.489. The monoisotopic (exact) mass is 205 g/mol. The highest BCUT2D eigenvalue weighted by molar-refractivity contribution is 5.24. The van der Waals surface area contributed by atoms with Crippen LogP contribution >= 0.6 is 0 Å². The van der Waals surface area contributed by atoms with Crippen molar-refractivity contribution < 1.29 is 4.42 Å². The van der Waals surface area contributed by atoms with Gasteiger partial charge in [0.2, 0.25) is 0 Å². The van der Waals surface area contributed by atoms with E-state index in [1.54, 1.807) is 0 Å². The zero-order valence-electron chi connectivity index (χ0n) is 9.55. The summed E-state index contributed by atoms with van der Waals surface area (Å²) in [6.07, 6.45) is 7.60. The summed E-state index contributed by atoms with van der Waals surface area (Å²) in [7, 11) is 0. The van der Waals surface area contributed by atoms with E-state index in [2.05, 4.69) is 31.3 Å². The molecule has 15 heavy (non-hydrogen) atoms. The molecular weight excluding hydrogens is 186 g/mol. The SMILES string of the molecule is CC(C)=CCNC1CCCc2occc21. The Morgan fingerprint density at radius 1 is 1.60 bits per heavy atom. The standard InChI is InChI=1S/C13H19NO/c1-10(2)6-8-14-12-4-3-5-13-11(12)7-9-15-13/h6-7,9,12,14H,3-5,8H2,1-2H3. The van der Waals surface area contributed by atoms with Crippen LogP contribution in [0.2, 0.25) is 0 Å². The zero-order valence-corrected chi connectivity index (χ0v) is 9.55. The highest BCUT2D eigenvalue weighted by Crippen LogP contribution is 2.30. The maximum Gasteiger partial charge on any atom is 0.108 e. The Hall–Kier alpha value is -1.02. The van der Waals surface area contributed by atoms with Crippen LogP contribution < -0.4 is 5.32 Å². The molecule has 0 bridgehead atoms. The van der Waals surface area contributed by atoms with E-state index in [4.69, 9.17) is 4.42 Å². The Labute approximate surface area is 91.4 Å². The summed E-state index contributed by atoms with van der Waals surface area (Å²) in [5, 5.41) is 3.56. The maximum atomic E-state index is 5.46. The minimum atomic E-state index is 0.489. The van der Waals surface area contributed by atoms with Gasteiger partial charge in [0.1, 0.15) is 5.76 Å². The molecule has 1 aliphatic rings. The third kappa shape index (κ3) is 2.51. The molecule has 0 radical (unpaired) electrons. The summed E-state index contributed by atoms with van der Waals surface area (Å²) >= 11 is 0. The number of fused-ring (bicyclic) bond motifs is 1. The van der Waals surface area contributed by atoms with Crippen molar-refractivity contribution in [3.63, 3.8) is 0 Å². The van der Waals surface area contributed by atoms with Gasteiger partial charge in [-0.1, -0.05) is 11.6 Å². The van der Waals surface area contributed by atoms with Crippen LogP contribution in [-0.4, -0.2) is 6.54 Å². The topological polar surface area (TPSA) is 25.2 Å². The predicted molar refractivity (Wildman–Crippen MR) is 61.8 cm³/mol. The fourth-order valence-electron chi connectivity index (χ4n) is 2.10. The zero-order chi connectivity index (χ0) is 10.7. The molecule has 2 nitrogen and oxygen atoms in total. The Balaban J connectivity index is 1.98. The Morgan fingerprint density at radius 3 is 3.27 bits per heavy atom. The molecule has 2 heteroatoms. The Morgan fingerprint density at radius 2 is 2.47 bits per heavy atom. The second-order valence-electron chi connectivity index (χ2n) is 4.43. The molecular formula is C13H19NO. The fraction of sp³-hybridized carbons (Fsp3) is 0.538. The van der Waals surface area contributed by atoms with Gasteiger partial charge in [-0.05, 0) is 32.8 Å². The number of furan rings is 1. The smallest absolute Gasteiger partial charge is 0.108 e. The third-order valence-electron chi connectivity index (χ3n) is 2.93. The van der Waals surface area contributed by atoms with E-state index >= 15 is 0 Å². The molecule has 1 heterocycles. The van der Waals surface area contributed by atoms with Crippen LogP contribution in [0.5, 0.6) is 0 Å². The van der Waals surface area contributed by atoms with Crippen molar-refractivity contribution in [2.75, 3.05) is 6.54 Å². The van der Waals surface area contributed by atoms with Crippen LogP contribution in [0, 0.1) is 0 Å². The second-order valence-corrected chi connectivity index (χ2v) is 4.43. The fourth-order valence-corrected chi connectivity index (χ4v) is 2.10. The summed E-state index contributed by atoms with van der Waals surface area (Å²) in [5.74, 6) is 1.18. The molecule has 0 spiro atoms. The van der Waals surface area contributed by atoms with Gasteiger partial charge in [0.05, 0.1) is 6.26 Å². The number of hydrogen-bond acceptors (Lipinski definition) is 2. The molecule has 2 rings (SSSR count). The van der Waals surface area contributed by atoms with E-state index in [0.717, 1.165) is 13.0 Å². The van der Waals surface area contributed by atoms with E-state index in [-0.39, 0.29) is 0 Å². The van der Waals surface area contributed by atoms with Crippen LogP contribution in [0.4, 0.5) is 0 Å². The second kappa shape index (κ2) is 4.67. The van der Waals surface area contributed by atoms with E-state index in [9.17, 15) is 0 Å². The van der Waals surface area contributed by atoms with Gasteiger partial charge in [-0.25, -0.2) is 0 Å². The summed E-state index contributed by atoms with van der Waals surface area (Å²) in [5.41, 5.74) is 2.73. The van der Waals surface area contributed by atoms with Crippen LogP contribution in [0.1, 0.15) is 44.1 Å². The minimum Gasteiger partial charge on any atom is -0.469 e. The molecule has 1 aromatic heterocycles. The molecule has 0 saturated carbocycles. The number of nitrogens with one attached hydrogen (secondary N) is 1. The average molecular weight is 205 g/mol. The predicted octanol–water partition coefficient (Wildman–Crippen LogP) is 3.21. The van der Waals surface area contributed by atoms with E-state index < -0.39 is 0 Å². The van der Waals surface area contributed by atoms with Gasteiger partial charge in [0.25, 0.3) is 0 Å². The Kier molecular flexibility index (Phi) is 3.27. The first kappa shape index (κ1) is 10.5. The van der Waals surface area contributed by atoms with Crippen LogP contribution in [0.15, 0.2) is 28.4 Å². The van der Waals surface area contributed by atoms with Crippen molar-refractivity contribution in [2.45, 2.75) is 39.2 Å². The van der Waals surface area contributed by atoms with Crippen molar-refractivity contribution in [1.29, 1.82) is 0 Å². The Bertz CT molecular complexity index is 347. The maximum absolute atomic E-state index is 5.46. The largest absolute Gasteiger partial charge is 0.469 e. The van der Waals surface area contributed by atoms with E-state index in [1.165, 1.54) is 29.7 Å². The first-order valence-corrected chi connectivity index (χ1v) is 5.70. The molecule has 1 unspecified atom stereocenters. The van der Waals surface area contributed by atoms with Crippen molar-refractivity contribution in [1.82, 2.24) is 5.32 Å². The molecule has 0 aliphatic heterocycles. The number of hydrogen-bond donors (Lipinski definition) is 1. The van der Waals surface area contributed by atoms with Crippen LogP contribution in [-0.2, 0) is 6.42 Å². The summed E-state index contributed by atoms with van der Waals surface area (Å²) in [6.45, 7) is 5.22. The number of allylic oxidation sites excluding steroid dienone is 1. The number of rotatable bonds is 3. The average Bonchev–Trinajstić information content (AvgIpc) is 2.65. The molecule has 1 aromatic rings. The lowest BCUT2D eigenvalue weighted by Gasteiger charge is -2.22. The lowest BCUT2D eigenvalue weighted by atomic mass is 9.93. The summed E-state index contributed by atoms with van der Waals surface area (Å²) in [6, 6.07) is 2.59. The summed E-state index contributed by atoms with van der Waals surface area (Å²) < 4.78 is 5.46. The van der Waals surface area contributed by atoms with Gasteiger partial charge in [0.15, 0.2) is 0 Å². The molecule has 1 atom stereocenters. The van der Waals surface area contributed by atoms with Crippen LogP contribution in [0.25, 0.3) is 0 Å². The van der Waals surface area contributed by atoms with Gasteiger partial charge >= 0.3 is 0 Å². The first-order chi connectivity index (χ1) is 7.27. The lowest BCUT2D eigenvalue weighted by Crippen LogP contribution is -2.24. The van der Waals surface area contributed by atoms with Crippen LogP contribution in [0.3, 0.4) is 0 Å². The molecule has 82 valence electrons. The molecule has 1 aliphatic carbocycles. The molecule has 0 saturated heterocycles. The normalized spacial score (nSPS) is 19.7. The van der Waals surface area contributed by atoms with Crippen molar-refractivity contribution in [3.8, 4) is 0 Å². The highest BCUT2D eigenvalue weighted by atomic mass is 16.3. The molecule has 0 amide bonds.